The lowest BCUT2D eigenvalue weighted by Gasteiger charge is -2.35. The van der Waals surface area contributed by atoms with E-state index in [0.29, 0.717) is 44.1 Å². The van der Waals surface area contributed by atoms with Crippen molar-refractivity contribution in [2.75, 3.05) is 54.9 Å². The number of nitrogens with zero attached hydrogens (tertiary/aromatic N) is 5. The lowest BCUT2D eigenvalue weighted by atomic mass is 10.0. The summed E-state index contributed by atoms with van der Waals surface area (Å²) in [5.74, 6) is -1.94. The number of fused-ring (bicyclic) bond motifs is 1. The second-order valence-corrected chi connectivity index (χ2v) is 8.96. The highest BCUT2D eigenvalue weighted by Gasteiger charge is 2.23. The number of pyridine rings is 1. The number of halogens is 3. The fourth-order valence-electron chi connectivity index (χ4n) is 4.53. The quantitative estimate of drug-likeness (QED) is 0.311. The minimum Gasteiger partial charge on any atom is -0.367 e. The molecule has 8 nitrogen and oxygen atoms in total. The van der Waals surface area contributed by atoms with Gasteiger partial charge in [0.1, 0.15) is 12.5 Å². The van der Waals surface area contributed by atoms with Crippen molar-refractivity contribution >= 4 is 40.0 Å². The third kappa shape index (κ3) is 5.68. The van der Waals surface area contributed by atoms with Crippen molar-refractivity contribution in [3.63, 3.8) is 0 Å². The van der Waals surface area contributed by atoms with Gasteiger partial charge in [-0.1, -0.05) is 24.8 Å². The fourth-order valence-corrected chi connectivity index (χ4v) is 4.53. The molecule has 0 atom stereocenters. The molecule has 1 saturated heterocycles. The van der Waals surface area contributed by atoms with Crippen LogP contribution in [-0.4, -0.2) is 65.2 Å². The van der Waals surface area contributed by atoms with E-state index in [4.69, 9.17) is 0 Å². The summed E-state index contributed by atoms with van der Waals surface area (Å²) in [5.41, 5.74) is 2.13. The predicted molar refractivity (Wildman–Crippen MR) is 146 cm³/mol. The second kappa shape index (κ2) is 11.5. The zero-order valence-electron chi connectivity index (χ0n) is 21.0. The molecule has 2 aromatic heterocycles. The number of nitrogens with one attached hydrogen (secondary N) is 2. The molecule has 0 radical (unpaired) electrons. The Morgan fingerprint density at radius 3 is 2.64 bits per heavy atom. The van der Waals surface area contributed by atoms with E-state index in [2.05, 4.69) is 32.2 Å². The first kappa shape index (κ1) is 26.1. The molecular formula is C28H26F3N7O. The number of carbonyl (C=O) groups is 1. The van der Waals surface area contributed by atoms with Gasteiger partial charge in [0, 0.05) is 56.1 Å². The van der Waals surface area contributed by atoms with E-state index in [9.17, 15) is 9.18 Å². The largest absolute Gasteiger partial charge is 0.367 e. The predicted octanol–water partition coefficient (Wildman–Crippen LogP) is 4.93. The summed E-state index contributed by atoms with van der Waals surface area (Å²) in [6.45, 7) is 5.48. The maximum atomic E-state index is 15.1. The first-order chi connectivity index (χ1) is 19.0. The Balaban J connectivity index is 1.40. The van der Waals surface area contributed by atoms with Gasteiger partial charge < -0.3 is 15.5 Å². The van der Waals surface area contributed by atoms with E-state index in [1.54, 1.807) is 29.4 Å². The molecule has 200 valence electrons. The SMILES string of the molecule is C=CC(=O)Nc1cc(-c2cccc3cnc(Nc4ccc(N5CCN(CCF)CC5)c(F)c4F)nc23)ccn1. The van der Waals surface area contributed by atoms with E-state index in [0.717, 1.165) is 22.6 Å². The lowest BCUT2D eigenvalue weighted by Crippen LogP contribution is -2.47. The van der Waals surface area contributed by atoms with Gasteiger partial charge in [0.25, 0.3) is 0 Å². The van der Waals surface area contributed by atoms with E-state index < -0.39 is 18.3 Å². The lowest BCUT2D eigenvalue weighted by molar-refractivity contribution is -0.111. The normalized spacial score (nSPS) is 13.9. The van der Waals surface area contributed by atoms with Crippen LogP contribution in [0, 0.1) is 11.6 Å². The van der Waals surface area contributed by atoms with E-state index in [1.165, 1.54) is 12.1 Å². The van der Waals surface area contributed by atoms with Gasteiger partial charge in [-0.2, -0.15) is 0 Å². The maximum Gasteiger partial charge on any atom is 0.248 e. The molecule has 5 rings (SSSR count). The van der Waals surface area contributed by atoms with Crippen LogP contribution in [0.2, 0.25) is 0 Å². The molecule has 1 aliphatic rings. The number of carbonyl (C=O) groups excluding carboxylic acids is 1. The smallest absolute Gasteiger partial charge is 0.248 e. The van der Waals surface area contributed by atoms with Crippen LogP contribution in [0.1, 0.15) is 0 Å². The molecule has 2 aromatic carbocycles. The molecule has 0 spiro atoms. The zero-order valence-corrected chi connectivity index (χ0v) is 21.0. The van der Waals surface area contributed by atoms with Crippen molar-refractivity contribution in [1.82, 2.24) is 19.9 Å². The summed E-state index contributed by atoms with van der Waals surface area (Å²) in [5, 5.41) is 6.16. The summed E-state index contributed by atoms with van der Waals surface area (Å²) >= 11 is 0. The average Bonchev–Trinajstić information content (AvgIpc) is 2.96. The second-order valence-electron chi connectivity index (χ2n) is 8.96. The highest BCUT2D eigenvalue weighted by molar-refractivity contribution is 5.99. The number of amides is 1. The van der Waals surface area contributed by atoms with Crippen molar-refractivity contribution in [2.24, 2.45) is 0 Å². The average molecular weight is 534 g/mol. The molecule has 3 heterocycles. The van der Waals surface area contributed by atoms with Gasteiger partial charge in [-0.05, 0) is 35.9 Å². The van der Waals surface area contributed by atoms with Crippen molar-refractivity contribution in [3.8, 4) is 11.1 Å². The van der Waals surface area contributed by atoms with Gasteiger partial charge in [-0.15, -0.1) is 0 Å². The van der Waals surface area contributed by atoms with Gasteiger partial charge in [0.2, 0.25) is 11.9 Å². The Morgan fingerprint density at radius 1 is 1.05 bits per heavy atom. The topological polar surface area (TPSA) is 86.3 Å². The number of para-hydroxylation sites is 1. The van der Waals surface area contributed by atoms with Crippen molar-refractivity contribution < 1.29 is 18.0 Å². The number of piperazine rings is 1. The van der Waals surface area contributed by atoms with E-state index in [1.807, 2.05) is 23.1 Å². The van der Waals surface area contributed by atoms with Crippen LogP contribution in [0.4, 0.5) is 36.3 Å². The molecule has 0 unspecified atom stereocenters. The van der Waals surface area contributed by atoms with Gasteiger partial charge in [-0.25, -0.2) is 28.1 Å². The first-order valence-corrected chi connectivity index (χ1v) is 12.4. The number of aromatic nitrogens is 3. The maximum absolute atomic E-state index is 15.1. The summed E-state index contributed by atoms with van der Waals surface area (Å²) in [7, 11) is 0. The minimum absolute atomic E-state index is 0.0927. The van der Waals surface area contributed by atoms with Gasteiger partial charge in [0.05, 0.1) is 16.9 Å². The van der Waals surface area contributed by atoms with Gasteiger partial charge >= 0.3 is 0 Å². The molecule has 11 heteroatoms. The van der Waals surface area contributed by atoms with Crippen molar-refractivity contribution in [1.29, 1.82) is 0 Å². The number of rotatable bonds is 8. The van der Waals surface area contributed by atoms with Gasteiger partial charge in [-0.3, -0.25) is 9.69 Å². The number of alkyl halides is 1. The molecule has 1 fully saturated rings. The first-order valence-electron chi connectivity index (χ1n) is 12.4. The fraction of sp³-hybridized carbons (Fsp3) is 0.214. The van der Waals surface area contributed by atoms with Crippen molar-refractivity contribution in [2.45, 2.75) is 0 Å². The highest BCUT2D eigenvalue weighted by atomic mass is 19.2. The van der Waals surface area contributed by atoms with Crippen LogP contribution in [0.25, 0.3) is 22.0 Å². The molecule has 0 aliphatic carbocycles. The van der Waals surface area contributed by atoms with Crippen LogP contribution in [0.3, 0.4) is 0 Å². The summed E-state index contributed by atoms with van der Waals surface area (Å²) in [6, 6.07) is 12.0. The van der Waals surface area contributed by atoms with Crippen LogP contribution in [-0.2, 0) is 4.79 Å². The third-order valence-electron chi connectivity index (χ3n) is 6.54. The minimum atomic E-state index is -1.03. The van der Waals surface area contributed by atoms with Crippen molar-refractivity contribution in [3.05, 3.63) is 79.1 Å². The Bertz CT molecular complexity index is 1520. The number of anilines is 4. The molecule has 0 saturated carbocycles. The zero-order chi connectivity index (χ0) is 27.4. The Morgan fingerprint density at radius 2 is 1.87 bits per heavy atom. The van der Waals surface area contributed by atoms with Crippen LogP contribution < -0.4 is 15.5 Å². The summed E-state index contributed by atoms with van der Waals surface area (Å²) < 4.78 is 42.8. The number of benzene rings is 2. The Labute approximate surface area is 223 Å². The van der Waals surface area contributed by atoms with Crippen LogP contribution in [0.5, 0.6) is 0 Å². The van der Waals surface area contributed by atoms with Crippen LogP contribution >= 0.6 is 0 Å². The molecule has 4 aromatic rings. The summed E-state index contributed by atoms with van der Waals surface area (Å²) in [6.07, 6.45) is 4.31. The summed E-state index contributed by atoms with van der Waals surface area (Å²) in [4.78, 5) is 28.4. The standard InChI is InChI=1S/C28H26F3N7O/c1-2-24(39)35-23-16-18(8-10-32-23)20-5-3-4-19-17-33-28(36-27(19)20)34-21-6-7-22(26(31)25(21)30)38-14-12-37(11-9-29)13-15-38/h2-8,10,16-17H,1,9,11-15H2,(H,32,35,39)(H,33,34,36). The monoisotopic (exact) mass is 533 g/mol. The van der Waals surface area contributed by atoms with E-state index >= 15 is 8.78 Å². The molecule has 1 amide bonds. The molecular weight excluding hydrogens is 507 g/mol. The molecule has 1 aliphatic heterocycles. The highest BCUT2D eigenvalue weighted by Crippen LogP contribution is 2.31. The third-order valence-corrected chi connectivity index (χ3v) is 6.54. The molecule has 0 bridgehead atoms. The number of hydrogen-bond donors (Lipinski definition) is 2. The van der Waals surface area contributed by atoms with E-state index in [-0.39, 0.29) is 23.2 Å². The molecule has 39 heavy (non-hydrogen) atoms. The number of hydrogen-bond acceptors (Lipinski definition) is 7. The Kier molecular flexibility index (Phi) is 7.69. The van der Waals surface area contributed by atoms with Crippen LogP contribution in [0.15, 0.2) is 67.5 Å². The van der Waals surface area contributed by atoms with Gasteiger partial charge in [0.15, 0.2) is 11.6 Å². The Hall–Kier alpha value is -4.51. The molecule has 2 N–H and O–H groups in total.